The van der Waals surface area contributed by atoms with Gasteiger partial charge in [0.05, 0.1) is 10.7 Å². The SMILES string of the molecule is O=C(CSc1cccc(NC(=O)/C(=C\c2ccc([N+](=O)[O-])cc2)NC(=O)c2ccccc2)c1)Nc1cccc2ccccc12. The highest BCUT2D eigenvalue weighted by Gasteiger charge is 2.16. The Hall–Kier alpha value is -5.74. The molecule has 0 saturated heterocycles. The van der Waals surface area contributed by atoms with Crippen molar-refractivity contribution in [1.82, 2.24) is 5.32 Å². The van der Waals surface area contributed by atoms with Crippen LogP contribution in [0, 0.1) is 10.1 Å². The predicted octanol–water partition coefficient (Wildman–Crippen LogP) is 6.89. The largest absolute Gasteiger partial charge is 0.325 e. The molecule has 0 aromatic heterocycles. The van der Waals surface area contributed by atoms with Crippen molar-refractivity contribution in [2.75, 3.05) is 16.4 Å². The average molecular weight is 603 g/mol. The second kappa shape index (κ2) is 14.0. The highest BCUT2D eigenvalue weighted by Crippen LogP contribution is 2.25. The number of hydrogen-bond donors (Lipinski definition) is 3. The minimum absolute atomic E-state index is 0.0553. The Bertz CT molecular complexity index is 1870. The van der Waals surface area contributed by atoms with Crippen molar-refractivity contribution in [3.63, 3.8) is 0 Å². The van der Waals surface area contributed by atoms with Gasteiger partial charge in [-0.3, -0.25) is 24.5 Å². The van der Waals surface area contributed by atoms with Crippen molar-refractivity contribution in [2.45, 2.75) is 4.90 Å². The summed E-state index contributed by atoms with van der Waals surface area (Å²) in [6.07, 6.45) is 1.44. The molecule has 0 unspecified atom stereocenters. The molecule has 0 aliphatic carbocycles. The fraction of sp³-hybridized carbons (Fsp3) is 0.0294. The Labute approximate surface area is 257 Å². The van der Waals surface area contributed by atoms with Gasteiger partial charge < -0.3 is 16.0 Å². The van der Waals surface area contributed by atoms with Crippen LogP contribution in [0.4, 0.5) is 17.1 Å². The van der Waals surface area contributed by atoms with E-state index < -0.39 is 16.7 Å². The van der Waals surface area contributed by atoms with Crippen LogP contribution in [0.1, 0.15) is 15.9 Å². The first-order valence-corrected chi connectivity index (χ1v) is 14.5. The number of nitro groups is 1. The third-order valence-electron chi connectivity index (χ3n) is 6.47. The van der Waals surface area contributed by atoms with Crippen LogP contribution in [0.15, 0.2) is 132 Å². The van der Waals surface area contributed by atoms with E-state index in [1.165, 1.54) is 42.1 Å². The van der Waals surface area contributed by atoms with Gasteiger partial charge in [-0.25, -0.2) is 0 Å². The van der Waals surface area contributed by atoms with Crippen LogP contribution in [0.25, 0.3) is 16.8 Å². The summed E-state index contributed by atoms with van der Waals surface area (Å²) in [6, 6.07) is 34.6. The van der Waals surface area contributed by atoms with E-state index >= 15 is 0 Å². The lowest BCUT2D eigenvalue weighted by molar-refractivity contribution is -0.384. The monoisotopic (exact) mass is 602 g/mol. The first-order chi connectivity index (χ1) is 21.4. The van der Waals surface area contributed by atoms with Gasteiger partial charge in [-0.1, -0.05) is 60.7 Å². The number of rotatable bonds is 10. The number of fused-ring (bicyclic) bond motifs is 1. The molecule has 0 spiro atoms. The van der Waals surface area contributed by atoms with Gasteiger partial charge >= 0.3 is 0 Å². The zero-order valence-electron chi connectivity index (χ0n) is 23.2. The maximum Gasteiger partial charge on any atom is 0.272 e. The molecule has 44 heavy (non-hydrogen) atoms. The number of thioether (sulfide) groups is 1. The van der Waals surface area contributed by atoms with Crippen molar-refractivity contribution in [3.8, 4) is 0 Å². The van der Waals surface area contributed by atoms with Gasteiger partial charge in [0.15, 0.2) is 0 Å². The summed E-state index contributed by atoms with van der Waals surface area (Å²) >= 11 is 1.31. The predicted molar refractivity (Wildman–Crippen MR) is 173 cm³/mol. The zero-order chi connectivity index (χ0) is 30.9. The number of benzene rings is 5. The van der Waals surface area contributed by atoms with E-state index in [2.05, 4.69) is 16.0 Å². The molecule has 3 N–H and O–H groups in total. The van der Waals surface area contributed by atoms with E-state index in [0.717, 1.165) is 21.4 Å². The third-order valence-corrected chi connectivity index (χ3v) is 7.46. The van der Waals surface area contributed by atoms with Gasteiger partial charge in [0.1, 0.15) is 5.70 Å². The Morgan fingerprint density at radius 2 is 1.48 bits per heavy atom. The minimum atomic E-state index is -0.594. The number of carbonyl (C=O) groups is 3. The second-order valence-corrected chi connectivity index (χ2v) is 10.6. The van der Waals surface area contributed by atoms with E-state index in [9.17, 15) is 24.5 Å². The Kier molecular flexibility index (Phi) is 9.43. The summed E-state index contributed by atoms with van der Waals surface area (Å²) in [5, 5.41) is 21.4. The molecule has 0 aliphatic rings. The lowest BCUT2D eigenvalue weighted by Crippen LogP contribution is -2.30. The summed E-state index contributed by atoms with van der Waals surface area (Å²) in [6.45, 7) is 0. The fourth-order valence-electron chi connectivity index (χ4n) is 4.33. The fourth-order valence-corrected chi connectivity index (χ4v) is 5.09. The Morgan fingerprint density at radius 3 is 2.25 bits per heavy atom. The lowest BCUT2D eigenvalue weighted by Gasteiger charge is -2.12. The zero-order valence-corrected chi connectivity index (χ0v) is 24.0. The maximum atomic E-state index is 13.4. The molecular weight excluding hydrogens is 576 g/mol. The van der Waals surface area contributed by atoms with Crippen molar-refractivity contribution < 1.29 is 19.3 Å². The molecule has 0 saturated carbocycles. The molecule has 218 valence electrons. The molecule has 9 nitrogen and oxygen atoms in total. The molecule has 0 aliphatic heterocycles. The number of carbonyl (C=O) groups excluding carboxylic acids is 3. The van der Waals surface area contributed by atoms with E-state index in [0.29, 0.717) is 16.8 Å². The van der Waals surface area contributed by atoms with Crippen LogP contribution in [-0.4, -0.2) is 28.4 Å². The van der Waals surface area contributed by atoms with Gasteiger partial charge in [0, 0.05) is 39.4 Å². The maximum absolute atomic E-state index is 13.4. The van der Waals surface area contributed by atoms with Gasteiger partial charge in [-0.05, 0) is 65.6 Å². The van der Waals surface area contributed by atoms with Crippen LogP contribution in [0.2, 0.25) is 0 Å². The summed E-state index contributed by atoms with van der Waals surface area (Å²) in [5.41, 5.74) is 1.88. The number of non-ortho nitro benzene ring substituents is 1. The molecule has 5 rings (SSSR count). The third kappa shape index (κ3) is 7.75. The summed E-state index contributed by atoms with van der Waals surface area (Å²) in [7, 11) is 0. The minimum Gasteiger partial charge on any atom is -0.325 e. The smallest absolute Gasteiger partial charge is 0.272 e. The first kappa shape index (κ1) is 29.7. The van der Waals surface area contributed by atoms with Crippen LogP contribution in [0.5, 0.6) is 0 Å². The summed E-state index contributed by atoms with van der Waals surface area (Å²) in [5.74, 6) is -1.10. The van der Waals surface area contributed by atoms with E-state index in [-0.39, 0.29) is 23.0 Å². The highest BCUT2D eigenvalue weighted by molar-refractivity contribution is 8.00. The first-order valence-electron chi connectivity index (χ1n) is 13.5. The molecule has 5 aromatic carbocycles. The van der Waals surface area contributed by atoms with E-state index in [1.54, 1.807) is 48.5 Å². The van der Waals surface area contributed by atoms with E-state index in [1.807, 2.05) is 48.5 Å². The van der Waals surface area contributed by atoms with Crippen LogP contribution in [0.3, 0.4) is 0 Å². The quantitative estimate of drug-likeness (QED) is 0.0691. The molecule has 5 aromatic rings. The number of amides is 3. The molecule has 10 heteroatoms. The normalized spacial score (nSPS) is 11.0. The molecule has 0 bridgehead atoms. The molecule has 3 amide bonds. The van der Waals surface area contributed by atoms with Gasteiger partial charge in [-0.15, -0.1) is 11.8 Å². The number of nitrogens with one attached hydrogen (secondary N) is 3. The molecule has 0 radical (unpaired) electrons. The standard InChI is InChI=1S/C34H26N4O5S/c39-32(36-30-15-6-11-24-8-4-5-14-29(24)30)22-44-28-13-7-12-26(21-28)35-34(41)31(37-33(40)25-9-2-1-3-10-25)20-23-16-18-27(19-17-23)38(42)43/h1-21H,22H2,(H,35,41)(H,36,39)(H,37,40)/b31-20+. The molecule has 0 atom stereocenters. The van der Waals surface area contributed by atoms with Crippen molar-refractivity contribution in [3.05, 3.63) is 148 Å². The summed E-state index contributed by atoms with van der Waals surface area (Å²) in [4.78, 5) is 50.3. The Morgan fingerprint density at radius 1 is 0.773 bits per heavy atom. The average Bonchev–Trinajstić information content (AvgIpc) is 3.04. The van der Waals surface area contributed by atoms with Crippen LogP contribution < -0.4 is 16.0 Å². The van der Waals surface area contributed by atoms with Crippen molar-refractivity contribution in [2.24, 2.45) is 0 Å². The Balaban J connectivity index is 1.28. The van der Waals surface area contributed by atoms with Gasteiger partial charge in [-0.2, -0.15) is 0 Å². The second-order valence-electron chi connectivity index (χ2n) is 9.57. The molecule has 0 heterocycles. The number of nitrogens with zero attached hydrogens (tertiary/aromatic N) is 1. The summed E-state index contributed by atoms with van der Waals surface area (Å²) < 4.78 is 0. The lowest BCUT2D eigenvalue weighted by atomic mass is 10.1. The number of hydrogen-bond acceptors (Lipinski definition) is 6. The highest BCUT2D eigenvalue weighted by atomic mass is 32.2. The topological polar surface area (TPSA) is 130 Å². The van der Waals surface area contributed by atoms with E-state index in [4.69, 9.17) is 0 Å². The number of nitro benzene ring substituents is 1. The van der Waals surface area contributed by atoms with Crippen LogP contribution >= 0.6 is 11.8 Å². The van der Waals surface area contributed by atoms with Crippen molar-refractivity contribution in [1.29, 1.82) is 0 Å². The molecular formula is C34H26N4O5S. The van der Waals surface area contributed by atoms with Crippen LogP contribution in [-0.2, 0) is 9.59 Å². The van der Waals surface area contributed by atoms with Gasteiger partial charge in [0.2, 0.25) is 5.91 Å². The molecule has 0 fully saturated rings. The van der Waals surface area contributed by atoms with Crippen molar-refractivity contribution >= 4 is 63.4 Å². The number of anilines is 2. The van der Waals surface area contributed by atoms with Gasteiger partial charge in [0.25, 0.3) is 17.5 Å².